The van der Waals surface area contributed by atoms with Crippen LogP contribution in [0.1, 0.15) is 17.8 Å². The number of H-pyrrole nitrogens is 1. The topological polar surface area (TPSA) is 94.5 Å². The van der Waals surface area contributed by atoms with Crippen molar-refractivity contribution in [2.45, 2.75) is 13.3 Å². The Labute approximate surface area is 109 Å². The quantitative estimate of drug-likeness (QED) is 0.393. The smallest absolute Gasteiger partial charge is 0.258 e. The first-order chi connectivity index (χ1) is 9.20. The summed E-state index contributed by atoms with van der Waals surface area (Å²) in [6.45, 7) is 2.19. The van der Waals surface area contributed by atoms with E-state index in [-0.39, 0.29) is 5.56 Å². The van der Waals surface area contributed by atoms with E-state index in [9.17, 15) is 4.79 Å². The van der Waals surface area contributed by atoms with Crippen LogP contribution in [0, 0.1) is 6.92 Å². The fraction of sp³-hybridized carbons (Fsp3) is 0.231. The van der Waals surface area contributed by atoms with Crippen LogP contribution in [-0.4, -0.2) is 16.5 Å². The van der Waals surface area contributed by atoms with Crippen LogP contribution < -0.4 is 5.56 Å². The van der Waals surface area contributed by atoms with Crippen LogP contribution >= 0.6 is 0 Å². The van der Waals surface area contributed by atoms with Crippen molar-refractivity contribution in [3.8, 4) is 0 Å². The fourth-order valence-corrected chi connectivity index (χ4v) is 1.77. The Morgan fingerprint density at radius 3 is 3.16 bits per heavy atom. The summed E-state index contributed by atoms with van der Waals surface area (Å²) >= 11 is 0. The molecule has 0 spiro atoms. The molecule has 1 heterocycles. The number of nitrogens with zero attached hydrogens (tertiary/aromatic N) is 4. The minimum Gasteiger partial charge on any atom is -0.310 e. The van der Waals surface area contributed by atoms with Crippen molar-refractivity contribution in [3.05, 3.63) is 56.5 Å². The number of benzene rings is 1. The van der Waals surface area contributed by atoms with E-state index < -0.39 is 0 Å². The Bertz CT molecular complexity index is 725. The van der Waals surface area contributed by atoms with Gasteiger partial charge in [0.1, 0.15) is 5.82 Å². The van der Waals surface area contributed by atoms with Crippen molar-refractivity contribution < 1.29 is 0 Å². The first kappa shape index (κ1) is 12.9. The van der Waals surface area contributed by atoms with Gasteiger partial charge in [-0.25, -0.2) is 4.98 Å². The molecular formula is C13H13N5O. The van der Waals surface area contributed by atoms with Gasteiger partial charge in [-0.15, -0.1) is 0 Å². The van der Waals surface area contributed by atoms with Gasteiger partial charge in [0.15, 0.2) is 0 Å². The Morgan fingerprint density at radius 2 is 2.37 bits per heavy atom. The predicted molar refractivity (Wildman–Crippen MR) is 74.8 cm³/mol. The molecular weight excluding hydrogens is 242 g/mol. The fourth-order valence-electron chi connectivity index (χ4n) is 1.77. The number of azide groups is 1. The number of aryl methyl sites for hydroxylation is 1. The summed E-state index contributed by atoms with van der Waals surface area (Å²) in [5, 5.41) is 4.01. The van der Waals surface area contributed by atoms with E-state index in [4.69, 9.17) is 5.53 Å². The number of rotatable bonds is 4. The molecule has 0 radical (unpaired) electrons. The van der Waals surface area contributed by atoms with E-state index in [0.717, 1.165) is 5.56 Å². The molecule has 0 bridgehead atoms. The highest BCUT2D eigenvalue weighted by molar-refractivity contribution is 5.80. The highest BCUT2D eigenvalue weighted by atomic mass is 16.1. The zero-order valence-corrected chi connectivity index (χ0v) is 10.5. The summed E-state index contributed by atoms with van der Waals surface area (Å²) < 4.78 is 0. The molecule has 2 rings (SSSR count). The second kappa shape index (κ2) is 5.84. The maximum absolute atomic E-state index is 11.8. The minimum atomic E-state index is -0.133. The van der Waals surface area contributed by atoms with Crippen LogP contribution in [-0.2, 0) is 0 Å². The molecule has 0 atom stereocenters. The second-order valence-corrected chi connectivity index (χ2v) is 4.07. The molecule has 0 aliphatic carbocycles. The van der Waals surface area contributed by atoms with Crippen molar-refractivity contribution in [2.75, 3.05) is 6.54 Å². The van der Waals surface area contributed by atoms with Crippen molar-refractivity contribution >= 4 is 17.0 Å². The van der Waals surface area contributed by atoms with E-state index in [2.05, 4.69) is 20.0 Å². The van der Waals surface area contributed by atoms with Gasteiger partial charge < -0.3 is 4.98 Å². The number of aromatic nitrogens is 2. The largest absolute Gasteiger partial charge is 0.310 e. The normalized spacial score (nSPS) is 10.8. The van der Waals surface area contributed by atoms with Crippen molar-refractivity contribution in [1.29, 1.82) is 0 Å². The molecule has 0 fully saturated rings. The van der Waals surface area contributed by atoms with Crippen LogP contribution in [0.3, 0.4) is 0 Å². The predicted octanol–water partition coefficient (Wildman–Crippen LogP) is 2.95. The van der Waals surface area contributed by atoms with Crippen molar-refractivity contribution in [1.82, 2.24) is 9.97 Å². The zero-order valence-electron chi connectivity index (χ0n) is 10.5. The number of hydrogen-bond acceptors (Lipinski definition) is 3. The van der Waals surface area contributed by atoms with Gasteiger partial charge in [0, 0.05) is 11.5 Å². The van der Waals surface area contributed by atoms with Gasteiger partial charge in [-0.05, 0) is 36.6 Å². The molecule has 0 unspecified atom stereocenters. The van der Waals surface area contributed by atoms with Gasteiger partial charge >= 0.3 is 0 Å². The molecule has 0 aliphatic heterocycles. The van der Waals surface area contributed by atoms with Crippen LogP contribution in [0.5, 0.6) is 0 Å². The van der Waals surface area contributed by atoms with Crippen LogP contribution in [0.25, 0.3) is 27.4 Å². The van der Waals surface area contributed by atoms with Crippen LogP contribution in [0.4, 0.5) is 0 Å². The highest BCUT2D eigenvalue weighted by Crippen LogP contribution is 2.11. The van der Waals surface area contributed by atoms with E-state index >= 15 is 0 Å². The summed E-state index contributed by atoms with van der Waals surface area (Å²) in [7, 11) is 0. The van der Waals surface area contributed by atoms with Gasteiger partial charge in [-0.3, -0.25) is 4.79 Å². The first-order valence-electron chi connectivity index (χ1n) is 5.89. The van der Waals surface area contributed by atoms with Crippen LogP contribution in [0.2, 0.25) is 0 Å². The molecule has 1 aromatic carbocycles. The summed E-state index contributed by atoms with van der Waals surface area (Å²) in [5.41, 5.74) is 9.62. The van der Waals surface area contributed by atoms with Gasteiger partial charge in [0.2, 0.25) is 0 Å². The van der Waals surface area contributed by atoms with Gasteiger partial charge in [0.05, 0.1) is 10.9 Å². The standard InChI is InChI=1S/C13H13N5O/c1-9-16-12-6-5-10(4-2-3-7-15-18-14)8-11(12)13(19)17-9/h2,4-6,8H,3,7H2,1H3,(H,16,17,19). The molecule has 0 saturated carbocycles. The monoisotopic (exact) mass is 255 g/mol. The van der Waals surface area contributed by atoms with Gasteiger partial charge in [-0.2, -0.15) is 0 Å². The molecule has 96 valence electrons. The number of fused-ring (bicyclic) bond motifs is 1. The SMILES string of the molecule is Cc1nc2ccc(C=CCCN=[N+]=[N-])cc2c(=O)[nH]1. The minimum absolute atomic E-state index is 0.133. The van der Waals surface area contributed by atoms with Crippen LogP contribution in [0.15, 0.2) is 34.2 Å². The molecule has 0 amide bonds. The van der Waals surface area contributed by atoms with E-state index in [1.165, 1.54) is 0 Å². The number of nitrogens with one attached hydrogen (secondary N) is 1. The Hall–Kier alpha value is -2.59. The maximum atomic E-state index is 11.8. The first-order valence-corrected chi connectivity index (χ1v) is 5.89. The highest BCUT2D eigenvalue weighted by Gasteiger charge is 2.01. The number of aromatic amines is 1. The molecule has 1 N–H and O–H groups in total. The molecule has 0 aliphatic rings. The molecule has 6 heteroatoms. The Balaban J connectivity index is 2.26. The molecule has 19 heavy (non-hydrogen) atoms. The van der Waals surface area contributed by atoms with E-state index in [1.807, 2.05) is 24.3 Å². The summed E-state index contributed by atoms with van der Waals surface area (Å²) in [6, 6.07) is 5.52. The lowest BCUT2D eigenvalue weighted by Gasteiger charge is -2.00. The van der Waals surface area contributed by atoms with E-state index in [1.54, 1.807) is 13.0 Å². The summed E-state index contributed by atoms with van der Waals surface area (Å²) in [6.07, 6.45) is 4.47. The van der Waals surface area contributed by atoms with E-state index in [0.29, 0.717) is 29.7 Å². The van der Waals surface area contributed by atoms with Gasteiger partial charge in [0.25, 0.3) is 5.56 Å². The average molecular weight is 255 g/mol. The second-order valence-electron chi connectivity index (χ2n) is 4.07. The third-order valence-electron chi connectivity index (χ3n) is 2.62. The molecule has 1 aromatic heterocycles. The lowest BCUT2D eigenvalue weighted by Crippen LogP contribution is -2.09. The molecule has 2 aromatic rings. The number of hydrogen-bond donors (Lipinski definition) is 1. The van der Waals surface area contributed by atoms with Crippen molar-refractivity contribution in [3.63, 3.8) is 0 Å². The molecule has 6 nitrogen and oxygen atoms in total. The van der Waals surface area contributed by atoms with Crippen molar-refractivity contribution in [2.24, 2.45) is 5.11 Å². The summed E-state index contributed by atoms with van der Waals surface area (Å²) in [5.74, 6) is 0.607. The van der Waals surface area contributed by atoms with Gasteiger partial charge in [-0.1, -0.05) is 23.3 Å². The summed E-state index contributed by atoms with van der Waals surface area (Å²) in [4.78, 5) is 21.4. The zero-order chi connectivity index (χ0) is 13.7. The maximum Gasteiger partial charge on any atom is 0.258 e. The third kappa shape index (κ3) is 3.20. The third-order valence-corrected chi connectivity index (χ3v) is 2.62. The Morgan fingerprint density at radius 1 is 1.53 bits per heavy atom. The Kier molecular flexibility index (Phi) is 3.95. The average Bonchev–Trinajstić information content (AvgIpc) is 2.39. The molecule has 0 saturated heterocycles. The lowest BCUT2D eigenvalue weighted by atomic mass is 10.1. The lowest BCUT2D eigenvalue weighted by molar-refractivity contribution is 0.996.